The zero-order chi connectivity index (χ0) is 10.8. The summed E-state index contributed by atoms with van der Waals surface area (Å²) >= 11 is 6.86. The number of thiophene rings is 1. The van der Waals surface area contributed by atoms with Crippen LogP contribution in [0.3, 0.4) is 0 Å². The maximum atomic E-state index is 9.25. The Morgan fingerprint density at radius 3 is 2.47 bits per heavy atom. The Hall–Kier alpha value is -1.39. The molecule has 0 amide bonds. The second-order valence-corrected chi connectivity index (χ2v) is 4.17. The molecule has 1 aromatic heterocycles. The first-order valence-corrected chi connectivity index (χ1v) is 5.42. The van der Waals surface area contributed by atoms with E-state index in [2.05, 4.69) is 0 Å². The molecule has 0 spiro atoms. The minimum atomic E-state index is 0.0685. The number of rotatable bonds is 2. The van der Waals surface area contributed by atoms with Crippen molar-refractivity contribution >= 4 is 28.6 Å². The molecule has 5 heteroatoms. The van der Waals surface area contributed by atoms with Gasteiger partial charge < -0.3 is 15.6 Å². The van der Waals surface area contributed by atoms with E-state index in [1.165, 1.54) is 0 Å². The molecule has 0 bridgehead atoms. The van der Waals surface area contributed by atoms with Crippen LogP contribution in [0.5, 0.6) is 16.6 Å². The van der Waals surface area contributed by atoms with E-state index in [1.54, 1.807) is 29.6 Å². The molecule has 3 N–H and O–H groups in total. The molecule has 15 heavy (non-hydrogen) atoms. The second kappa shape index (κ2) is 4.00. The molecule has 0 unspecified atom stereocenters. The summed E-state index contributed by atoms with van der Waals surface area (Å²) in [5.41, 5.74) is 5.85. The SMILES string of the molecule is Nc1c(Oc2ccc(Cl)cc2)csc1O. The number of hydrogen-bond donors (Lipinski definition) is 2. The van der Waals surface area contributed by atoms with E-state index >= 15 is 0 Å². The summed E-state index contributed by atoms with van der Waals surface area (Å²) in [6, 6.07) is 6.91. The molecule has 1 heterocycles. The molecule has 0 saturated heterocycles. The predicted octanol–water partition coefficient (Wildman–Crippen LogP) is 3.48. The first kappa shape index (κ1) is 10.1. The Bertz CT molecular complexity index is 467. The van der Waals surface area contributed by atoms with Gasteiger partial charge in [0.25, 0.3) is 0 Å². The number of nitrogens with two attached hydrogens (primary N) is 1. The van der Waals surface area contributed by atoms with Crippen molar-refractivity contribution in [3.05, 3.63) is 34.7 Å². The normalized spacial score (nSPS) is 10.2. The molecule has 3 nitrogen and oxygen atoms in total. The molecule has 0 fully saturated rings. The Labute approximate surface area is 95.7 Å². The van der Waals surface area contributed by atoms with Crippen molar-refractivity contribution in [2.24, 2.45) is 0 Å². The molecule has 1 aromatic carbocycles. The molecule has 2 rings (SSSR count). The van der Waals surface area contributed by atoms with Crippen molar-refractivity contribution in [3.8, 4) is 16.6 Å². The molecular weight excluding hydrogens is 234 g/mol. The van der Waals surface area contributed by atoms with Crippen LogP contribution in [0.25, 0.3) is 0 Å². The van der Waals surface area contributed by atoms with Crippen LogP contribution < -0.4 is 10.5 Å². The smallest absolute Gasteiger partial charge is 0.198 e. The van der Waals surface area contributed by atoms with E-state index in [9.17, 15) is 5.11 Å². The van der Waals surface area contributed by atoms with Crippen LogP contribution in [-0.4, -0.2) is 5.11 Å². The van der Waals surface area contributed by atoms with E-state index in [0.29, 0.717) is 16.5 Å². The Kier molecular flexibility index (Phi) is 2.70. The van der Waals surface area contributed by atoms with Gasteiger partial charge in [0, 0.05) is 10.4 Å². The summed E-state index contributed by atoms with van der Waals surface area (Å²) in [5, 5.41) is 11.6. The van der Waals surface area contributed by atoms with E-state index in [-0.39, 0.29) is 10.8 Å². The number of halogens is 1. The van der Waals surface area contributed by atoms with Crippen LogP contribution in [0, 0.1) is 0 Å². The van der Waals surface area contributed by atoms with Gasteiger partial charge in [0.1, 0.15) is 11.4 Å². The monoisotopic (exact) mass is 241 g/mol. The summed E-state index contributed by atoms with van der Waals surface area (Å²) in [5.74, 6) is 1.09. The van der Waals surface area contributed by atoms with Gasteiger partial charge in [0.05, 0.1) is 0 Å². The van der Waals surface area contributed by atoms with Crippen LogP contribution in [0.15, 0.2) is 29.6 Å². The van der Waals surface area contributed by atoms with Gasteiger partial charge in [-0.3, -0.25) is 0 Å². The number of nitrogen functional groups attached to an aromatic ring is 1. The summed E-state index contributed by atoms with van der Waals surface area (Å²) in [6.07, 6.45) is 0. The fourth-order valence-electron chi connectivity index (χ4n) is 1.05. The number of hydrogen-bond acceptors (Lipinski definition) is 4. The average molecular weight is 242 g/mol. The van der Waals surface area contributed by atoms with E-state index in [0.717, 1.165) is 11.3 Å². The van der Waals surface area contributed by atoms with Crippen LogP contribution in [0.4, 0.5) is 5.69 Å². The van der Waals surface area contributed by atoms with E-state index < -0.39 is 0 Å². The summed E-state index contributed by atoms with van der Waals surface area (Å²) in [4.78, 5) is 0. The number of anilines is 1. The van der Waals surface area contributed by atoms with Crippen LogP contribution in [0.1, 0.15) is 0 Å². The Balaban J connectivity index is 2.22. The maximum Gasteiger partial charge on any atom is 0.198 e. The van der Waals surface area contributed by atoms with Gasteiger partial charge in [-0.2, -0.15) is 0 Å². The summed E-state index contributed by atoms with van der Waals surface area (Å²) in [6.45, 7) is 0. The van der Waals surface area contributed by atoms with Gasteiger partial charge in [-0.1, -0.05) is 11.6 Å². The lowest BCUT2D eigenvalue weighted by atomic mass is 10.3. The lowest BCUT2D eigenvalue weighted by Crippen LogP contribution is -1.87. The van der Waals surface area contributed by atoms with Gasteiger partial charge in [0.15, 0.2) is 10.8 Å². The van der Waals surface area contributed by atoms with Gasteiger partial charge in [-0.15, -0.1) is 11.3 Å². The molecule has 0 saturated carbocycles. The quantitative estimate of drug-likeness (QED) is 0.846. The zero-order valence-corrected chi connectivity index (χ0v) is 9.18. The molecule has 0 aliphatic heterocycles. The average Bonchev–Trinajstić information content (AvgIpc) is 2.53. The highest BCUT2D eigenvalue weighted by molar-refractivity contribution is 7.12. The highest BCUT2D eigenvalue weighted by atomic mass is 35.5. The van der Waals surface area contributed by atoms with Crippen molar-refractivity contribution in [2.45, 2.75) is 0 Å². The fraction of sp³-hybridized carbons (Fsp3) is 0. The minimum absolute atomic E-state index is 0.0685. The maximum absolute atomic E-state index is 9.25. The molecule has 0 aliphatic carbocycles. The number of benzene rings is 1. The molecule has 0 aliphatic rings. The van der Waals surface area contributed by atoms with Crippen LogP contribution >= 0.6 is 22.9 Å². The largest absolute Gasteiger partial charge is 0.498 e. The van der Waals surface area contributed by atoms with Crippen molar-refractivity contribution in [3.63, 3.8) is 0 Å². The molecule has 0 radical (unpaired) electrons. The lowest BCUT2D eigenvalue weighted by Gasteiger charge is -2.04. The third-order valence-corrected chi connectivity index (χ3v) is 2.84. The highest BCUT2D eigenvalue weighted by Gasteiger charge is 2.08. The number of ether oxygens (including phenoxy) is 1. The van der Waals surface area contributed by atoms with Crippen molar-refractivity contribution < 1.29 is 9.84 Å². The molecule has 0 atom stereocenters. The molecule has 2 aromatic rings. The van der Waals surface area contributed by atoms with Crippen molar-refractivity contribution in [1.82, 2.24) is 0 Å². The topological polar surface area (TPSA) is 55.5 Å². The van der Waals surface area contributed by atoms with Crippen LogP contribution in [0.2, 0.25) is 5.02 Å². The van der Waals surface area contributed by atoms with E-state index in [4.69, 9.17) is 22.1 Å². The predicted molar refractivity (Wildman–Crippen MR) is 61.9 cm³/mol. The van der Waals surface area contributed by atoms with Crippen molar-refractivity contribution in [1.29, 1.82) is 0 Å². The first-order chi connectivity index (χ1) is 7.16. The Morgan fingerprint density at radius 1 is 1.27 bits per heavy atom. The first-order valence-electron chi connectivity index (χ1n) is 4.16. The van der Waals surface area contributed by atoms with Gasteiger partial charge >= 0.3 is 0 Å². The van der Waals surface area contributed by atoms with E-state index in [1.807, 2.05) is 0 Å². The fourth-order valence-corrected chi connectivity index (χ4v) is 1.80. The van der Waals surface area contributed by atoms with Gasteiger partial charge in [-0.05, 0) is 24.3 Å². The standard InChI is InChI=1S/C10H8ClNO2S/c11-6-1-3-7(4-2-6)14-8-5-15-10(13)9(8)12/h1-5,13H,12H2. The van der Waals surface area contributed by atoms with Gasteiger partial charge in [0.2, 0.25) is 0 Å². The van der Waals surface area contributed by atoms with Gasteiger partial charge in [-0.25, -0.2) is 0 Å². The van der Waals surface area contributed by atoms with Crippen molar-refractivity contribution in [2.75, 3.05) is 5.73 Å². The third-order valence-electron chi connectivity index (χ3n) is 1.81. The summed E-state index contributed by atoms with van der Waals surface area (Å²) < 4.78 is 5.45. The summed E-state index contributed by atoms with van der Waals surface area (Å²) in [7, 11) is 0. The molecular formula is C10H8ClNO2S. The minimum Gasteiger partial charge on any atom is -0.498 e. The second-order valence-electron chi connectivity index (χ2n) is 2.87. The van der Waals surface area contributed by atoms with Crippen LogP contribution in [-0.2, 0) is 0 Å². The zero-order valence-electron chi connectivity index (χ0n) is 7.61. The number of aromatic hydroxyl groups is 1. The highest BCUT2D eigenvalue weighted by Crippen LogP contribution is 2.39. The molecule has 78 valence electrons. The Morgan fingerprint density at radius 2 is 1.93 bits per heavy atom. The third kappa shape index (κ3) is 2.16. The lowest BCUT2D eigenvalue weighted by molar-refractivity contribution is 0.474.